The summed E-state index contributed by atoms with van der Waals surface area (Å²) in [7, 11) is 0. The minimum Gasteiger partial charge on any atom is -0.461 e. The summed E-state index contributed by atoms with van der Waals surface area (Å²) in [5.41, 5.74) is 0.736. The second-order valence-corrected chi connectivity index (χ2v) is 8.47. The second-order valence-electron chi connectivity index (χ2n) is 8.47. The lowest BCUT2D eigenvalue weighted by Crippen LogP contribution is -2.34. The fraction of sp³-hybridized carbons (Fsp3) is 0.680. The molecule has 0 amide bonds. The highest BCUT2D eigenvalue weighted by molar-refractivity contribution is 5.72. The molecule has 0 aromatic heterocycles. The molecular formula is C25H38O4. The van der Waals surface area contributed by atoms with Crippen molar-refractivity contribution in [3.63, 3.8) is 0 Å². The molecule has 2 unspecified atom stereocenters. The van der Waals surface area contributed by atoms with Gasteiger partial charge in [-0.1, -0.05) is 69.4 Å². The molecule has 0 aliphatic heterocycles. The van der Waals surface area contributed by atoms with Crippen LogP contribution >= 0.6 is 0 Å². The van der Waals surface area contributed by atoms with Crippen molar-refractivity contribution < 1.29 is 19.1 Å². The van der Waals surface area contributed by atoms with Gasteiger partial charge in [-0.05, 0) is 50.5 Å². The zero-order chi connectivity index (χ0) is 21.0. The molecule has 0 radical (unpaired) electrons. The standard InChI is InChI=1S/C25H38O4/c1-3-25(29-21(2)26)18-12-5-4-10-16-23(17-11-7-13-19-25)24(27)28-20-22-14-8-6-9-15-22/h6,8-9,14-15,23H,3-5,7,10-13,16-20H2,1-2H3. The molecule has 1 aromatic carbocycles. The van der Waals surface area contributed by atoms with Crippen molar-refractivity contribution in [1.82, 2.24) is 0 Å². The lowest BCUT2D eigenvalue weighted by Gasteiger charge is -2.32. The first kappa shape index (κ1) is 23.4. The molecule has 2 rings (SSSR count). The van der Waals surface area contributed by atoms with Gasteiger partial charge in [0, 0.05) is 6.92 Å². The van der Waals surface area contributed by atoms with Crippen LogP contribution in [0, 0.1) is 5.92 Å². The number of benzene rings is 1. The van der Waals surface area contributed by atoms with E-state index in [9.17, 15) is 9.59 Å². The van der Waals surface area contributed by atoms with Crippen molar-refractivity contribution in [2.75, 3.05) is 0 Å². The van der Waals surface area contributed by atoms with E-state index in [0.717, 1.165) is 82.6 Å². The predicted molar refractivity (Wildman–Crippen MR) is 115 cm³/mol. The summed E-state index contributed by atoms with van der Waals surface area (Å²) >= 11 is 0. The summed E-state index contributed by atoms with van der Waals surface area (Å²) in [4.78, 5) is 24.3. The molecule has 0 heterocycles. The monoisotopic (exact) mass is 402 g/mol. The lowest BCUT2D eigenvalue weighted by atomic mass is 9.87. The van der Waals surface area contributed by atoms with Crippen LogP contribution in [0.25, 0.3) is 0 Å². The van der Waals surface area contributed by atoms with Crippen molar-refractivity contribution >= 4 is 11.9 Å². The van der Waals surface area contributed by atoms with E-state index < -0.39 is 0 Å². The smallest absolute Gasteiger partial charge is 0.309 e. The highest BCUT2D eigenvalue weighted by atomic mass is 16.6. The van der Waals surface area contributed by atoms with Crippen molar-refractivity contribution in [1.29, 1.82) is 0 Å². The van der Waals surface area contributed by atoms with Crippen LogP contribution in [0.5, 0.6) is 0 Å². The fourth-order valence-electron chi connectivity index (χ4n) is 4.39. The van der Waals surface area contributed by atoms with Crippen LogP contribution in [-0.4, -0.2) is 17.5 Å². The third kappa shape index (κ3) is 8.59. The molecule has 1 aliphatic rings. The molecule has 0 N–H and O–H groups in total. The highest BCUT2D eigenvalue weighted by Gasteiger charge is 2.30. The van der Waals surface area contributed by atoms with E-state index in [-0.39, 0.29) is 23.5 Å². The summed E-state index contributed by atoms with van der Waals surface area (Å²) in [6, 6.07) is 9.87. The molecule has 0 saturated heterocycles. The van der Waals surface area contributed by atoms with Crippen LogP contribution in [0.4, 0.5) is 0 Å². The number of ether oxygens (including phenoxy) is 2. The Morgan fingerprint density at radius 3 is 2.10 bits per heavy atom. The third-order valence-corrected chi connectivity index (χ3v) is 6.18. The Hall–Kier alpha value is -1.84. The first-order valence-corrected chi connectivity index (χ1v) is 11.4. The van der Waals surface area contributed by atoms with Gasteiger partial charge >= 0.3 is 11.9 Å². The van der Waals surface area contributed by atoms with E-state index in [4.69, 9.17) is 9.47 Å². The minimum atomic E-state index is -0.298. The maximum atomic E-state index is 12.6. The largest absolute Gasteiger partial charge is 0.461 e. The number of rotatable bonds is 5. The predicted octanol–water partition coefficient (Wildman–Crippen LogP) is 6.36. The molecule has 1 fully saturated rings. The van der Waals surface area contributed by atoms with Crippen molar-refractivity contribution in [3.8, 4) is 0 Å². The summed E-state index contributed by atoms with van der Waals surface area (Å²) in [6.45, 7) is 4.00. The summed E-state index contributed by atoms with van der Waals surface area (Å²) in [5, 5.41) is 0. The molecule has 162 valence electrons. The van der Waals surface area contributed by atoms with Crippen molar-refractivity contribution in [3.05, 3.63) is 35.9 Å². The zero-order valence-corrected chi connectivity index (χ0v) is 18.3. The Bertz CT molecular complexity index is 613. The SMILES string of the molecule is CCC1(OC(C)=O)CCCCCCC(C(=O)OCc2ccccc2)CCCCC1. The Kier molecular flexibility index (Phi) is 10.2. The number of hydrogen-bond donors (Lipinski definition) is 0. The first-order valence-electron chi connectivity index (χ1n) is 11.4. The number of hydrogen-bond acceptors (Lipinski definition) is 4. The maximum absolute atomic E-state index is 12.6. The lowest BCUT2D eigenvalue weighted by molar-refractivity contribution is -0.159. The van der Waals surface area contributed by atoms with Crippen LogP contribution in [0.15, 0.2) is 30.3 Å². The van der Waals surface area contributed by atoms with E-state index in [0.29, 0.717) is 6.61 Å². The average molecular weight is 403 g/mol. The summed E-state index contributed by atoms with van der Waals surface area (Å²) < 4.78 is 11.4. The molecule has 1 aliphatic carbocycles. The van der Waals surface area contributed by atoms with Gasteiger partial charge in [-0.25, -0.2) is 0 Å². The topological polar surface area (TPSA) is 52.6 Å². The molecular weight excluding hydrogens is 364 g/mol. The molecule has 1 saturated carbocycles. The number of carbonyl (C=O) groups is 2. The van der Waals surface area contributed by atoms with E-state index >= 15 is 0 Å². The van der Waals surface area contributed by atoms with Crippen LogP contribution in [0.1, 0.15) is 96.5 Å². The molecule has 0 spiro atoms. The molecule has 2 atom stereocenters. The molecule has 29 heavy (non-hydrogen) atoms. The molecule has 0 bridgehead atoms. The summed E-state index contributed by atoms with van der Waals surface area (Å²) in [6.07, 6.45) is 12.0. The van der Waals surface area contributed by atoms with Crippen LogP contribution < -0.4 is 0 Å². The van der Waals surface area contributed by atoms with Crippen molar-refractivity contribution in [2.45, 2.75) is 103 Å². The Morgan fingerprint density at radius 1 is 0.931 bits per heavy atom. The average Bonchev–Trinajstić information content (AvgIpc) is 2.74. The van der Waals surface area contributed by atoms with Gasteiger partial charge in [-0.2, -0.15) is 0 Å². The van der Waals surface area contributed by atoms with Gasteiger partial charge in [0.15, 0.2) is 0 Å². The normalized spacial score (nSPS) is 24.4. The first-order chi connectivity index (χ1) is 14.0. The third-order valence-electron chi connectivity index (χ3n) is 6.18. The highest BCUT2D eigenvalue weighted by Crippen LogP contribution is 2.32. The Morgan fingerprint density at radius 2 is 1.52 bits per heavy atom. The minimum absolute atomic E-state index is 0.00358. The van der Waals surface area contributed by atoms with Gasteiger partial charge in [-0.3, -0.25) is 9.59 Å². The van der Waals surface area contributed by atoms with E-state index in [2.05, 4.69) is 6.92 Å². The van der Waals surface area contributed by atoms with Gasteiger partial charge in [-0.15, -0.1) is 0 Å². The van der Waals surface area contributed by atoms with Gasteiger partial charge < -0.3 is 9.47 Å². The van der Waals surface area contributed by atoms with E-state index in [1.807, 2.05) is 30.3 Å². The van der Waals surface area contributed by atoms with E-state index in [1.165, 1.54) is 6.92 Å². The Labute approximate surface area is 176 Å². The molecule has 4 nitrogen and oxygen atoms in total. The Balaban J connectivity index is 1.88. The van der Waals surface area contributed by atoms with Crippen LogP contribution in [0.3, 0.4) is 0 Å². The van der Waals surface area contributed by atoms with Gasteiger partial charge in [0.25, 0.3) is 0 Å². The van der Waals surface area contributed by atoms with Gasteiger partial charge in [0.2, 0.25) is 0 Å². The summed E-state index contributed by atoms with van der Waals surface area (Å²) in [5.74, 6) is -0.215. The van der Waals surface area contributed by atoms with Gasteiger partial charge in [0.1, 0.15) is 12.2 Å². The van der Waals surface area contributed by atoms with Gasteiger partial charge in [0.05, 0.1) is 5.92 Å². The quantitative estimate of drug-likeness (QED) is 0.538. The fourth-order valence-corrected chi connectivity index (χ4v) is 4.39. The number of carbonyl (C=O) groups excluding carboxylic acids is 2. The zero-order valence-electron chi connectivity index (χ0n) is 18.3. The molecule has 4 heteroatoms. The second kappa shape index (κ2) is 12.7. The van der Waals surface area contributed by atoms with E-state index in [1.54, 1.807) is 0 Å². The van der Waals surface area contributed by atoms with Crippen molar-refractivity contribution in [2.24, 2.45) is 5.92 Å². The number of esters is 2. The molecule has 1 aromatic rings. The van der Waals surface area contributed by atoms with Crippen LogP contribution in [0.2, 0.25) is 0 Å². The van der Waals surface area contributed by atoms with Crippen LogP contribution in [-0.2, 0) is 25.7 Å². The maximum Gasteiger partial charge on any atom is 0.309 e.